The molecule has 1 heterocycles. The van der Waals surface area contributed by atoms with Crippen molar-refractivity contribution in [2.75, 3.05) is 11.1 Å². The number of anilines is 1. The number of hydrogen-bond acceptors (Lipinski definition) is 4. The molecule has 1 fully saturated rings. The van der Waals surface area contributed by atoms with Crippen LogP contribution in [0.1, 0.15) is 38.2 Å². The standard InChI is InChI=1S/C16H18BrN3S/c1-11-3-2-6-16(8-11)10-21-15(20-16)19-14-5-4-12(9-18)7-13(14)17/h4-5,7,11H,2-3,6,8,10H2,1H3,(H,19,20). The van der Waals surface area contributed by atoms with E-state index in [0.717, 1.165) is 27.0 Å². The Bertz CT molecular complexity index is 622. The molecule has 1 aliphatic heterocycles. The van der Waals surface area contributed by atoms with E-state index in [0.29, 0.717) is 5.56 Å². The molecule has 3 rings (SSSR count). The quantitative estimate of drug-likeness (QED) is 0.780. The van der Waals surface area contributed by atoms with Crippen molar-refractivity contribution in [2.24, 2.45) is 10.9 Å². The van der Waals surface area contributed by atoms with Crippen LogP contribution in [-0.4, -0.2) is 16.5 Å². The molecule has 1 aromatic carbocycles. The predicted octanol–water partition coefficient (Wildman–Crippen LogP) is 4.78. The monoisotopic (exact) mass is 363 g/mol. The maximum atomic E-state index is 8.91. The lowest BCUT2D eigenvalue weighted by Crippen LogP contribution is -2.33. The first kappa shape index (κ1) is 14.9. The molecular weight excluding hydrogens is 346 g/mol. The van der Waals surface area contributed by atoms with Crippen LogP contribution in [0.5, 0.6) is 0 Å². The molecule has 110 valence electrons. The van der Waals surface area contributed by atoms with Crippen LogP contribution in [0, 0.1) is 17.2 Å². The molecule has 2 aliphatic rings. The first-order valence-electron chi connectivity index (χ1n) is 7.30. The number of amidine groups is 1. The molecule has 2 atom stereocenters. The van der Waals surface area contributed by atoms with Crippen molar-refractivity contribution >= 4 is 38.5 Å². The number of nitrogens with one attached hydrogen (secondary N) is 1. The number of nitriles is 1. The van der Waals surface area contributed by atoms with Crippen LogP contribution in [0.15, 0.2) is 27.7 Å². The van der Waals surface area contributed by atoms with E-state index in [9.17, 15) is 0 Å². The molecule has 0 radical (unpaired) electrons. The fraction of sp³-hybridized carbons (Fsp3) is 0.500. The third-order valence-electron chi connectivity index (χ3n) is 4.22. The fourth-order valence-electron chi connectivity index (χ4n) is 3.21. The highest BCUT2D eigenvalue weighted by molar-refractivity contribution is 9.10. The van der Waals surface area contributed by atoms with Gasteiger partial charge in [-0.25, -0.2) is 0 Å². The van der Waals surface area contributed by atoms with E-state index in [4.69, 9.17) is 10.3 Å². The van der Waals surface area contributed by atoms with Gasteiger partial charge in [0, 0.05) is 10.2 Å². The first-order chi connectivity index (χ1) is 10.1. The average molecular weight is 364 g/mol. The van der Waals surface area contributed by atoms with E-state index in [2.05, 4.69) is 34.2 Å². The minimum Gasteiger partial charge on any atom is -0.334 e. The summed E-state index contributed by atoms with van der Waals surface area (Å²) in [7, 11) is 0. The first-order valence-corrected chi connectivity index (χ1v) is 9.07. The summed E-state index contributed by atoms with van der Waals surface area (Å²) in [6, 6.07) is 7.74. The summed E-state index contributed by atoms with van der Waals surface area (Å²) in [5.41, 5.74) is 1.79. The lowest BCUT2D eigenvalue weighted by atomic mass is 9.78. The normalized spacial score (nSPS) is 28.2. The zero-order valence-electron chi connectivity index (χ0n) is 12.0. The van der Waals surface area contributed by atoms with Crippen molar-refractivity contribution in [3.05, 3.63) is 28.2 Å². The molecule has 0 amide bonds. The maximum absolute atomic E-state index is 8.91. The lowest BCUT2D eigenvalue weighted by Gasteiger charge is -2.33. The maximum Gasteiger partial charge on any atom is 0.161 e. The van der Waals surface area contributed by atoms with Crippen molar-refractivity contribution in [1.29, 1.82) is 5.26 Å². The number of nitrogens with zero attached hydrogens (tertiary/aromatic N) is 2. The number of thioether (sulfide) groups is 1. The van der Waals surface area contributed by atoms with Crippen molar-refractivity contribution < 1.29 is 0 Å². The smallest absolute Gasteiger partial charge is 0.161 e. The second-order valence-corrected chi connectivity index (χ2v) is 7.88. The van der Waals surface area contributed by atoms with E-state index >= 15 is 0 Å². The Morgan fingerprint density at radius 2 is 2.38 bits per heavy atom. The largest absolute Gasteiger partial charge is 0.334 e. The van der Waals surface area contributed by atoms with Crippen LogP contribution in [0.3, 0.4) is 0 Å². The molecule has 21 heavy (non-hydrogen) atoms. The van der Waals surface area contributed by atoms with Crippen LogP contribution < -0.4 is 5.32 Å². The minimum absolute atomic E-state index is 0.156. The van der Waals surface area contributed by atoms with Crippen molar-refractivity contribution in [3.8, 4) is 6.07 Å². The number of halogens is 1. The Hall–Kier alpha value is -0.990. The van der Waals surface area contributed by atoms with Gasteiger partial charge >= 0.3 is 0 Å². The van der Waals surface area contributed by atoms with E-state index in [1.165, 1.54) is 25.7 Å². The minimum atomic E-state index is 0.156. The molecule has 0 aromatic heterocycles. The summed E-state index contributed by atoms with van der Waals surface area (Å²) < 4.78 is 0.905. The Morgan fingerprint density at radius 1 is 1.52 bits per heavy atom. The Kier molecular flexibility index (Phi) is 4.28. The summed E-state index contributed by atoms with van der Waals surface area (Å²) in [5, 5.41) is 13.3. The van der Waals surface area contributed by atoms with Gasteiger partial charge in [0.25, 0.3) is 0 Å². The molecule has 1 aliphatic carbocycles. The van der Waals surface area contributed by atoms with Crippen molar-refractivity contribution in [1.82, 2.24) is 0 Å². The summed E-state index contributed by atoms with van der Waals surface area (Å²) in [6.07, 6.45) is 5.05. The van der Waals surface area contributed by atoms with Gasteiger partial charge in [-0.3, -0.25) is 4.99 Å². The predicted molar refractivity (Wildman–Crippen MR) is 92.7 cm³/mol. The molecule has 1 N–H and O–H groups in total. The summed E-state index contributed by atoms with van der Waals surface area (Å²) >= 11 is 5.33. The van der Waals surface area contributed by atoms with Crippen LogP contribution in [0.2, 0.25) is 0 Å². The topological polar surface area (TPSA) is 48.2 Å². The molecule has 0 saturated heterocycles. The molecule has 3 nitrogen and oxygen atoms in total. The average Bonchev–Trinajstić information content (AvgIpc) is 2.83. The Morgan fingerprint density at radius 3 is 3.10 bits per heavy atom. The summed E-state index contributed by atoms with van der Waals surface area (Å²) in [4.78, 5) is 4.99. The Labute approximate surface area is 138 Å². The van der Waals surface area contributed by atoms with Gasteiger partial charge in [-0.15, -0.1) is 0 Å². The number of hydrogen-bond donors (Lipinski definition) is 1. The second-order valence-electron chi connectivity index (χ2n) is 6.06. The highest BCUT2D eigenvalue weighted by atomic mass is 79.9. The zero-order chi connectivity index (χ0) is 14.9. The molecule has 1 spiro atoms. The fourth-order valence-corrected chi connectivity index (χ4v) is 4.86. The van der Waals surface area contributed by atoms with E-state index in [1.807, 2.05) is 30.0 Å². The van der Waals surface area contributed by atoms with Gasteiger partial charge in [-0.2, -0.15) is 5.26 Å². The molecule has 1 saturated carbocycles. The van der Waals surface area contributed by atoms with Gasteiger partial charge in [0.05, 0.1) is 22.9 Å². The van der Waals surface area contributed by atoms with Gasteiger partial charge in [0.2, 0.25) is 0 Å². The van der Waals surface area contributed by atoms with Crippen molar-refractivity contribution in [3.63, 3.8) is 0 Å². The van der Waals surface area contributed by atoms with Crippen LogP contribution in [0.4, 0.5) is 5.69 Å². The summed E-state index contributed by atoms with van der Waals surface area (Å²) in [5.74, 6) is 1.87. The lowest BCUT2D eigenvalue weighted by molar-refractivity contribution is 0.266. The number of rotatable bonds is 1. The zero-order valence-corrected chi connectivity index (χ0v) is 14.4. The van der Waals surface area contributed by atoms with Crippen molar-refractivity contribution in [2.45, 2.75) is 38.1 Å². The van der Waals surface area contributed by atoms with Gasteiger partial charge in [-0.05, 0) is 52.9 Å². The number of aliphatic imine (C=N–C) groups is 1. The van der Waals surface area contributed by atoms with Gasteiger partial charge in [0.15, 0.2) is 5.17 Å². The van der Waals surface area contributed by atoms with Gasteiger partial charge in [0.1, 0.15) is 0 Å². The number of benzene rings is 1. The SMILES string of the molecule is CC1CCCC2(CSC(Nc3ccc(C#N)cc3Br)=N2)C1. The highest BCUT2D eigenvalue weighted by Gasteiger charge is 2.39. The summed E-state index contributed by atoms with van der Waals surface area (Å²) in [6.45, 7) is 2.34. The van der Waals surface area contributed by atoms with Crippen LogP contribution in [-0.2, 0) is 0 Å². The highest BCUT2D eigenvalue weighted by Crippen LogP contribution is 2.42. The van der Waals surface area contributed by atoms with Crippen LogP contribution >= 0.6 is 27.7 Å². The van der Waals surface area contributed by atoms with Gasteiger partial charge < -0.3 is 5.32 Å². The third kappa shape index (κ3) is 3.27. The second kappa shape index (κ2) is 6.02. The third-order valence-corrected chi connectivity index (χ3v) is 6.03. The molecule has 2 unspecified atom stereocenters. The molecule has 1 aromatic rings. The van der Waals surface area contributed by atoms with E-state index < -0.39 is 0 Å². The van der Waals surface area contributed by atoms with Gasteiger partial charge in [-0.1, -0.05) is 31.5 Å². The Balaban J connectivity index is 1.76. The molecular formula is C16H18BrN3S. The molecule has 0 bridgehead atoms. The van der Waals surface area contributed by atoms with E-state index in [1.54, 1.807) is 0 Å². The van der Waals surface area contributed by atoms with Crippen LogP contribution in [0.25, 0.3) is 0 Å². The van der Waals surface area contributed by atoms with E-state index in [-0.39, 0.29) is 5.54 Å². The molecule has 5 heteroatoms.